The van der Waals surface area contributed by atoms with Gasteiger partial charge < -0.3 is 10.6 Å². The molecule has 0 bridgehead atoms. The maximum atomic E-state index is 11.9. The largest absolute Gasteiger partial charge is 0.344 e. The number of hydrogen-bond donors (Lipinski definition) is 2. The lowest BCUT2D eigenvalue weighted by Gasteiger charge is -2.10. The molecule has 10 nitrogen and oxygen atoms in total. The number of carbonyl (C=O) groups excluding carboxylic acids is 2. The average molecular weight is 294 g/mol. The van der Waals surface area contributed by atoms with Crippen molar-refractivity contribution in [2.24, 2.45) is 0 Å². The van der Waals surface area contributed by atoms with Gasteiger partial charge in [0, 0.05) is 12.5 Å². The number of amides is 2. The van der Waals surface area contributed by atoms with Crippen LogP contribution >= 0.6 is 0 Å². The molecule has 110 valence electrons. The third-order valence-corrected chi connectivity index (χ3v) is 2.96. The highest BCUT2D eigenvalue weighted by molar-refractivity contribution is 6.00. The van der Waals surface area contributed by atoms with Gasteiger partial charge in [-0.1, -0.05) is 0 Å². The number of nitro benzene ring substituents is 2. The molecular weight excluding hydrogens is 284 g/mol. The predicted octanol–water partition coefficient (Wildman–Crippen LogP) is 0.720. The number of non-ortho nitro benzene ring substituents is 1. The normalized spacial score (nSPS) is 17.1. The molecule has 1 saturated heterocycles. The van der Waals surface area contributed by atoms with Gasteiger partial charge in [0.15, 0.2) is 0 Å². The first-order chi connectivity index (χ1) is 9.88. The molecule has 1 aromatic carbocycles. The van der Waals surface area contributed by atoms with Gasteiger partial charge in [-0.3, -0.25) is 29.8 Å². The van der Waals surface area contributed by atoms with Gasteiger partial charge in [-0.15, -0.1) is 0 Å². The molecule has 0 aromatic heterocycles. The Kier molecular flexibility index (Phi) is 3.78. The lowest BCUT2D eigenvalue weighted by molar-refractivity contribution is -0.393. The van der Waals surface area contributed by atoms with E-state index in [0.29, 0.717) is 6.42 Å². The van der Waals surface area contributed by atoms with Crippen molar-refractivity contribution in [1.82, 2.24) is 5.32 Å². The Morgan fingerprint density at radius 3 is 2.52 bits per heavy atom. The quantitative estimate of drug-likeness (QED) is 0.618. The Hall–Kier alpha value is -3.04. The minimum Gasteiger partial charge on any atom is -0.344 e. The first-order valence-electron chi connectivity index (χ1n) is 5.91. The highest BCUT2D eigenvalue weighted by atomic mass is 16.6. The monoisotopic (exact) mass is 294 g/mol. The summed E-state index contributed by atoms with van der Waals surface area (Å²) in [5, 5.41) is 26.2. The van der Waals surface area contributed by atoms with Crippen LogP contribution in [0.5, 0.6) is 0 Å². The van der Waals surface area contributed by atoms with Crippen LogP contribution < -0.4 is 10.6 Å². The second-order valence-corrected chi connectivity index (χ2v) is 4.36. The van der Waals surface area contributed by atoms with E-state index in [9.17, 15) is 29.8 Å². The van der Waals surface area contributed by atoms with E-state index in [1.165, 1.54) is 0 Å². The zero-order chi connectivity index (χ0) is 15.6. The Morgan fingerprint density at radius 2 is 2.00 bits per heavy atom. The first kappa shape index (κ1) is 14.4. The van der Waals surface area contributed by atoms with Crippen LogP contribution in [0.25, 0.3) is 0 Å². The van der Waals surface area contributed by atoms with Crippen molar-refractivity contribution in [1.29, 1.82) is 0 Å². The first-order valence-corrected chi connectivity index (χ1v) is 5.91. The van der Waals surface area contributed by atoms with Crippen LogP contribution in [0.1, 0.15) is 12.8 Å². The molecule has 1 aromatic rings. The third-order valence-electron chi connectivity index (χ3n) is 2.96. The smallest absolute Gasteiger partial charge is 0.299 e. The van der Waals surface area contributed by atoms with E-state index in [1.807, 2.05) is 0 Å². The standard InChI is InChI=1S/C11H10N4O6/c16-10-4-3-8(12-10)11(17)13-7-2-1-6(14(18)19)5-9(7)15(20)21/h1-2,5,8H,3-4H2,(H,12,16)(H,13,17)/t8-/m0/s1. The van der Waals surface area contributed by atoms with Crippen LogP contribution in [0.15, 0.2) is 18.2 Å². The number of hydrogen-bond acceptors (Lipinski definition) is 6. The second-order valence-electron chi connectivity index (χ2n) is 4.36. The van der Waals surface area contributed by atoms with E-state index >= 15 is 0 Å². The molecule has 2 rings (SSSR count). The van der Waals surface area contributed by atoms with Gasteiger partial charge in [-0.25, -0.2) is 0 Å². The fourth-order valence-corrected chi connectivity index (χ4v) is 1.92. The molecule has 2 N–H and O–H groups in total. The van der Waals surface area contributed by atoms with Crippen molar-refractivity contribution in [3.63, 3.8) is 0 Å². The average Bonchev–Trinajstić information content (AvgIpc) is 2.85. The van der Waals surface area contributed by atoms with Crippen LogP contribution in [-0.4, -0.2) is 27.7 Å². The number of nitro groups is 2. The molecule has 1 aliphatic rings. The van der Waals surface area contributed by atoms with Crippen LogP contribution in [0, 0.1) is 20.2 Å². The fourth-order valence-electron chi connectivity index (χ4n) is 1.92. The van der Waals surface area contributed by atoms with Crippen molar-refractivity contribution >= 4 is 28.9 Å². The molecule has 21 heavy (non-hydrogen) atoms. The number of carbonyl (C=O) groups is 2. The Labute approximate surface area is 117 Å². The van der Waals surface area contributed by atoms with E-state index in [1.54, 1.807) is 0 Å². The fraction of sp³-hybridized carbons (Fsp3) is 0.273. The van der Waals surface area contributed by atoms with Crippen molar-refractivity contribution in [2.75, 3.05) is 5.32 Å². The Balaban J connectivity index is 2.23. The molecule has 10 heteroatoms. The summed E-state index contributed by atoms with van der Waals surface area (Å²) in [6, 6.07) is 2.15. The van der Waals surface area contributed by atoms with Gasteiger partial charge in [-0.2, -0.15) is 0 Å². The summed E-state index contributed by atoms with van der Waals surface area (Å²) in [4.78, 5) is 42.8. The van der Waals surface area contributed by atoms with Gasteiger partial charge in [0.05, 0.1) is 15.9 Å². The molecule has 1 atom stereocenters. The van der Waals surface area contributed by atoms with E-state index < -0.39 is 33.2 Å². The molecule has 1 heterocycles. The molecule has 0 aliphatic carbocycles. The van der Waals surface area contributed by atoms with E-state index in [0.717, 1.165) is 18.2 Å². The number of nitrogens with zero attached hydrogens (tertiary/aromatic N) is 2. The van der Waals surface area contributed by atoms with Crippen molar-refractivity contribution in [2.45, 2.75) is 18.9 Å². The lowest BCUT2D eigenvalue weighted by Crippen LogP contribution is -2.37. The molecule has 0 saturated carbocycles. The zero-order valence-electron chi connectivity index (χ0n) is 10.6. The minimum absolute atomic E-state index is 0.156. The molecule has 1 aliphatic heterocycles. The molecule has 1 fully saturated rings. The summed E-state index contributed by atoms with van der Waals surface area (Å²) < 4.78 is 0. The summed E-state index contributed by atoms with van der Waals surface area (Å²) in [7, 11) is 0. The maximum absolute atomic E-state index is 11.9. The molecule has 0 unspecified atom stereocenters. The van der Waals surface area contributed by atoms with E-state index in [-0.39, 0.29) is 18.0 Å². The summed E-state index contributed by atoms with van der Waals surface area (Å²) >= 11 is 0. The van der Waals surface area contributed by atoms with E-state index in [4.69, 9.17) is 0 Å². The van der Waals surface area contributed by atoms with Crippen LogP contribution in [-0.2, 0) is 9.59 Å². The summed E-state index contributed by atoms with van der Waals surface area (Å²) in [5.41, 5.74) is -1.19. The van der Waals surface area contributed by atoms with Crippen molar-refractivity contribution < 1.29 is 19.4 Å². The number of rotatable bonds is 4. The Bertz CT molecular complexity index is 644. The molecule has 2 amide bonds. The van der Waals surface area contributed by atoms with Gasteiger partial charge in [-0.05, 0) is 12.5 Å². The van der Waals surface area contributed by atoms with Crippen molar-refractivity contribution in [3.8, 4) is 0 Å². The minimum atomic E-state index is -0.824. The topological polar surface area (TPSA) is 144 Å². The zero-order valence-corrected chi connectivity index (χ0v) is 10.6. The second kappa shape index (κ2) is 5.53. The number of benzene rings is 1. The van der Waals surface area contributed by atoms with Gasteiger partial charge in [0.1, 0.15) is 11.7 Å². The maximum Gasteiger partial charge on any atom is 0.299 e. The molecule has 0 radical (unpaired) electrons. The summed E-state index contributed by atoms with van der Waals surface area (Å²) in [5.74, 6) is -0.869. The predicted molar refractivity (Wildman–Crippen MR) is 69.5 cm³/mol. The third kappa shape index (κ3) is 3.11. The summed E-state index contributed by atoms with van der Waals surface area (Å²) in [6.07, 6.45) is 0.506. The molecular formula is C11H10N4O6. The van der Waals surface area contributed by atoms with Gasteiger partial charge in [0.25, 0.3) is 11.4 Å². The van der Waals surface area contributed by atoms with Crippen LogP contribution in [0.3, 0.4) is 0 Å². The number of nitrogens with one attached hydrogen (secondary N) is 2. The van der Waals surface area contributed by atoms with Crippen molar-refractivity contribution in [3.05, 3.63) is 38.4 Å². The number of anilines is 1. The highest BCUT2D eigenvalue weighted by Gasteiger charge is 2.29. The summed E-state index contributed by atoms with van der Waals surface area (Å²) in [6.45, 7) is 0. The highest BCUT2D eigenvalue weighted by Crippen LogP contribution is 2.29. The van der Waals surface area contributed by atoms with Crippen LogP contribution in [0.2, 0.25) is 0 Å². The SMILES string of the molecule is O=C1CC[C@@H](C(=O)Nc2ccc([N+](=O)[O-])cc2[N+](=O)[O-])N1. The Morgan fingerprint density at radius 1 is 1.29 bits per heavy atom. The van der Waals surface area contributed by atoms with Gasteiger partial charge >= 0.3 is 0 Å². The van der Waals surface area contributed by atoms with Gasteiger partial charge in [0.2, 0.25) is 11.8 Å². The van der Waals surface area contributed by atoms with E-state index in [2.05, 4.69) is 10.6 Å². The molecule has 0 spiro atoms. The van der Waals surface area contributed by atoms with Crippen LogP contribution in [0.4, 0.5) is 17.1 Å². The lowest BCUT2D eigenvalue weighted by atomic mass is 10.2.